The Morgan fingerprint density at radius 2 is 0.685 bits per heavy atom. The number of rotatable bonds is 16. The maximum absolute atomic E-state index is 7.38. The number of anilines is 12. The van der Waals surface area contributed by atoms with Crippen LogP contribution in [0.3, 0.4) is 0 Å². The number of hydrogen-bond acceptors (Lipinski definition) is 12. The van der Waals surface area contributed by atoms with E-state index in [0.29, 0.717) is 28.6 Å². The first kappa shape index (κ1) is 83.5. The van der Waals surface area contributed by atoms with E-state index >= 15 is 0 Å². The van der Waals surface area contributed by atoms with Crippen molar-refractivity contribution in [3.8, 4) is 90.5 Å². The predicted octanol–water partition coefficient (Wildman–Crippen LogP) is 33.0. The van der Waals surface area contributed by atoms with E-state index in [1.165, 1.54) is 16.4 Å². The van der Waals surface area contributed by atoms with E-state index in [1.54, 1.807) is 0 Å². The van der Waals surface area contributed by atoms with Gasteiger partial charge < -0.3 is 56.2 Å². The number of nitrogens with zero attached hydrogens (tertiary/aromatic N) is 4. The first-order valence-corrected chi connectivity index (χ1v) is 49.4. The molecule has 0 fully saturated rings. The average molecular weight is 1870 g/mol. The lowest BCUT2D eigenvalue weighted by molar-refractivity contribution is 0.463. The summed E-state index contributed by atoms with van der Waals surface area (Å²) in [5, 5.41) is 8.01. The van der Waals surface area contributed by atoms with Gasteiger partial charge in [0.25, 0.3) is 13.4 Å². The maximum atomic E-state index is 7.38. The number of para-hydroxylation sites is 12. The number of hydrogen-bond donors (Lipinski definition) is 0. The normalized spacial score (nSPS) is 12.4. The molecule has 4 aliphatic rings. The van der Waals surface area contributed by atoms with Crippen LogP contribution in [0.4, 0.5) is 68.2 Å². The predicted molar refractivity (Wildman–Crippen MR) is 598 cm³/mol. The van der Waals surface area contributed by atoms with Gasteiger partial charge >= 0.3 is 0 Å². The molecule has 12 nitrogen and oxygen atoms in total. The highest BCUT2D eigenvalue weighted by Gasteiger charge is 2.50. The fraction of sp³-hybridized carbons (Fsp3) is 0. The van der Waals surface area contributed by atoms with E-state index in [1.807, 2.05) is 97.1 Å². The lowest BCUT2D eigenvalue weighted by Crippen LogP contribution is -2.64. The molecule has 8 heterocycles. The Labute approximate surface area is 840 Å². The van der Waals surface area contributed by atoms with Crippen molar-refractivity contribution in [3.05, 3.63) is 497 Å². The average Bonchev–Trinajstić information content (AvgIpc) is 0.759. The highest BCUT2D eigenvalue weighted by molar-refractivity contribution is 7.02. The summed E-state index contributed by atoms with van der Waals surface area (Å²) in [5.74, 6) is 5.65. The summed E-state index contributed by atoms with van der Waals surface area (Å²) in [6.07, 6.45) is 0. The number of benzene rings is 22. The Balaban J connectivity index is 0.000000138. The second-order valence-electron chi connectivity index (χ2n) is 37.4. The fourth-order valence-electron chi connectivity index (χ4n) is 22.9. The van der Waals surface area contributed by atoms with Crippen molar-refractivity contribution in [3.63, 3.8) is 0 Å². The molecular weight excluding hydrogens is 1790 g/mol. The van der Waals surface area contributed by atoms with Gasteiger partial charge in [-0.05, 0) is 153 Å². The zero-order valence-electron chi connectivity index (χ0n) is 78.6. The summed E-state index contributed by atoms with van der Waals surface area (Å²) in [7, 11) is 0. The van der Waals surface area contributed by atoms with E-state index in [0.717, 1.165) is 234 Å². The second-order valence-corrected chi connectivity index (χ2v) is 37.4. The summed E-state index contributed by atoms with van der Waals surface area (Å²) in [6, 6.07) is 174. The van der Waals surface area contributed by atoms with Gasteiger partial charge in [-0.15, -0.1) is 0 Å². The van der Waals surface area contributed by atoms with Gasteiger partial charge in [-0.25, -0.2) is 0 Å². The minimum Gasteiger partial charge on any atom is -0.458 e. The molecule has 4 aliphatic heterocycles. The van der Waals surface area contributed by atoms with Crippen LogP contribution in [0.15, 0.2) is 515 Å². The summed E-state index contributed by atoms with van der Waals surface area (Å²) in [5.41, 5.74) is 33.8. The molecule has 0 unspecified atom stereocenters. The highest BCUT2D eigenvalue weighted by Crippen LogP contribution is 2.58. The second kappa shape index (κ2) is 34.2. The zero-order valence-corrected chi connectivity index (χ0v) is 78.6. The van der Waals surface area contributed by atoms with Gasteiger partial charge in [0.05, 0.1) is 50.0 Å². The number of furan rings is 4. The van der Waals surface area contributed by atoms with Gasteiger partial charge in [-0.3, -0.25) is 0 Å². The van der Waals surface area contributed by atoms with E-state index < -0.39 is 0 Å². The first-order chi connectivity index (χ1) is 72.4. The molecule has 684 valence electrons. The lowest BCUT2D eigenvalue weighted by Gasteiger charge is -2.45. The van der Waals surface area contributed by atoms with Crippen LogP contribution in [0.2, 0.25) is 0 Å². The molecule has 0 aliphatic carbocycles. The molecule has 0 amide bonds. The Kier molecular flexibility index (Phi) is 19.6. The molecule has 0 spiro atoms. The molecular formula is C132H82B2N4O8. The van der Waals surface area contributed by atoms with Crippen molar-refractivity contribution in [2.24, 2.45) is 0 Å². The van der Waals surface area contributed by atoms with Gasteiger partial charge in [-0.2, -0.15) is 0 Å². The van der Waals surface area contributed by atoms with Crippen LogP contribution < -0.4 is 71.3 Å². The zero-order chi connectivity index (χ0) is 96.0. The van der Waals surface area contributed by atoms with Crippen molar-refractivity contribution in [1.82, 2.24) is 0 Å². The molecule has 30 rings (SSSR count). The monoisotopic (exact) mass is 1870 g/mol. The molecule has 0 saturated heterocycles. The summed E-state index contributed by atoms with van der Waals surface area (Å²) < 4.78 is 55.0. The molecule has 0 saturated carbocycles. The minimum atomic E-state index is -0.206. The number of fused-ring (bicyclic) bond motifs is 22. The van der Waals surface area contributed by atoms with Crippen LogP contribution >= 0.6 is 0 Å². The topological polar surface area (TPSA) is 102 Å². The molecule has 0 bridgehead atoms. The Morgan fingerprint density at radius 3 is 1.29 bits per heavy atom. The van der Waals surface area contributed by atoms with Crippen LogP contribution in [0.5, 0.6) is 46.0 Å². The van der Waals surface area contributed by atoms with Gasteiger partial charge in [-0.1, -0.05) is 352 Å². The summed E-state index contributed by atoms with van der Waals surface area (Å²) in [6.45, 7) is -0.408. The van der Waals surface area contributed by atoms with E-state index in [-0.39, 0.29) is 13.4 Å². The van der Waals surface area contributed by atoms with Crippen molar-refractivity contribution in [2.75, 3.05) is 19.6 Å². The molecule has 146 heavy (non-hydrogen) atoms. The highest BCUT2D eigenvalue weighted by atomic mass is 16.5. The third-order valence-corrected chi connectivity index (χ3v) is 29.0. The van der Waals surface area contributed by atoms with Crippen molar-refractivity contribution in [1.29, 1.82) is 0 Å². The van der Waals surface area contributed by atoms with Crippen LogP contribution in [0.25, 0.3) is 132 Å². The van der Waals surface area contributed by atoms with Gasteiger partial charge in [0.1, 0.15) is 90.7 Å². The van der Waals surface area contributed by atoms with Gasteiger partial charge in [0.2, 0.25) is 0 Å². The minimum absolute atomic E-state index is 0.203. The van der Waals surface area contributed by atoms with Crippen LogP contribution in [0, 0.1) is 0 Å². The standard InChI is InChI=1S/C66H38B2N2O4.C66H44N2O4/c1-4-19-39(20-5-1)42-27-18-28-43(40-21-6-2-7-22-40)64(42)70-51-36-56-49(68-47-30-13-17-34-55(47)74-66-61-45-26-11-16-33-54(45)72-58(61)38-59(73-56)63(66)68)35-48(51)67-46-29-12-14-31-50(46)69(41-23-8-3-9-24-41)65-60-44-25-10-15-32-53(44)71-57(60)37-52(70)62(65)67;1-6-22-45(23-7-1)54-36-21-37-55(46-24-8-2-9-25-46)66(54)68(50-41-58(64-56-34-16-18-38-59(56)71-61(64)42-50)67(47-26-10-3-11-27-47)48-28-12-4-13-29-48)49-30-20-33-52(40-49)69-53-43-62(70-51-31-14-5-15-32-51)65-57-35-17-19-39-60(57)72-63(65)44-53/h1-38H;1-44H. The molecule has 4 aromatic heterocycles. The summed E-state index contributed by atoms with van der Waals surface area (Å²) >= 11 is 0. The quantitative estimate of drug-likeness (QED) is 0.0861. The van der Waals surface area contributed by atoms with Crippen LogP contribution in [-0.2, 0) is 0 Å². The molecule has 0 N–H and O–H groups in total. The van der Waals surface area contributed by atoms with E-state index in [4.69, 9.17) is 36.6 Å². The SMILES string of the molecule is c1ccc(-c2cccc(-c3ccccc3)c2N2c3cc4c(cc3B3c5ccccc5N(c5ccccc5)c5c3c2cc2oc3ccccc3c52)B2c3ccccc3Oc3c2c(cc2oc5ccccc5c32)O4)cc1.c1ccc(Oc2cc(Oc3cccc(N(c4cc(N(c5ccccc5)c5ccccc5)c5c(c4)oc4ccccc45)c4c(-c5ccccc5)cccc4-c4ccccc4)c3)cc3oc4ccccc4c23)cc1. The van der Waals surface area contributed by atoms with Crippen LogP contribution in [0.1, 0.15) is 0 Å². The van der Waals surface area contributed by atoms with Crippen molar-refractivity contribution >= 4 is 202 Å². The van der Waals surface area contributed by atoms with E-state index in [2.05, 4.69) is 420 Å². The Morgan fingerprint density at radius 1 is 0.226 bits per heavy atom. The third kappa shape index (κ3) is 13.7. The van der Waals surface area contributed by atoms with E-state index in [9.17, 15) is 0 Å². The van der Waals surface area contributed by atoms with Crippen molar-refractivity contribution < 1.29 is 36.6 Å². The molecule has 22 aromatic carbocycles. The lowest BCUT2D eigenvalue weighted by atomic mass is 9.30. The number of ether oxygens (including phenoxy) is 4. The molecule has 0 atom stereocenters. The summed E-state index contributed by atoms with van der Waals surface area (Å²) in [4.78, 5) is 9.70. The third-order valence-electron chi connectivity index (χ3n) is 29.0. The first-order valence-electron chi connectivity index (χ1n) is 49.4. The maximum Gasteiger partial charge on any atom is 0.260 e. The van der Waals surface area contributed by atoms with Crippen LogP contribution in [-0.4, -0.2) is 13.4 Å². The van der Waals surface area contributed by atoms with Gasteiger partial charge in [0.15, 0.2) is 0 Å². The molecule has 14 heteroatoms. The smallest absolute Gasteiger partial charge is 0.260 e. The fourth-order valence-corrected chi connectivity index (χ4v) is 22.9. The Hall–Kier alpha value is -19.4. The van der Waals surface area contributed by atoms with Gasteiger partial charge in [0, 0.05) is 132 Å². The molecule has 0 radical (unpaired) electrons. The Bertz CT molecular complexity index is 9530. The van der Waals surface area contributed by atoms with Crippen molar-refractivity contribution in [2.45, 2.75) is 0 Å². The largest absolute Gasteiger partial charge is 0.458 e. The molecule has 26 aromatic rings.